The summed E-state index contributed by atoms with van der Waals surface area (Å²) in [6.07, 6.45) is 1.50. The van der Waals surface area contributed by atoms with Crippen LogP contribution in [-0.4, -0.2) is 35.8 Å². The molecule has 1 aliphatic rings. The fraction of sp³-hybridized carbons (Fsp3) is 0.462. The number of carbonyl (C=O) groups is 1. The number of ether oxygens (including phenoxy) is 1. The Morgan fingerprint density at radius 3 is 3.00 bits per heavy atom. The van der Waals surface area contributed by atoms with Crippen LogP contribution in [0.5, 0.6) is 5.75 Å². The number of benzene rings is 1. The van der Waals surface area contributed by atoms with Gasteiger partial charge in [0.1, 0.15) is 5.75 Å². The number of rotatable bonds is 4. The molecule has 17 heavy (non-hydrogen) atoms. The van der Waals surface area contributed by atoms with Crippen molar-refractivity contribution < 1.29 is 9.53 Å². The molecule has 1 aromatic carbocycles. The third kappa shape index (κ3) is 3.22. The molecule has 0 bridgehead atoms. The smallest absolute Gasteiger partial charge is 0.223 e. The molecule has 92 valence electrons. The zero-order chi connectivity index (χ0) is 12.3. The highest BCUT2D eigenvalue weighted by atomic mass is 79.9. The van der Waals surface area contributed by atoms with E-state index in [1.807, 2.05) is 23.1 Å². The van der Waals surface area contributed by atoms with Crippen molar-refractivity contribution in [3.8, 4) is 5.75 Å². The number of methoxy groups -OCH3 is 1. The summed E-state index contributed by atoms with van der Waals surface area (Å²) < 4.78 is 5.18. The van der Waals surface area contributed by atoms with Crippen LogP contribution in [0.2, 0.25) is 0 Å². The summed E-state index contributed by atoms with van der Waals surface area (Å²) in [5.74, 6) is 1.11. The maximum atomic E-state index is 11.6. The van der Waals surface area contributed by atoms with Crippen molar-refractivity contribution in [2.45, 2.75) is 17.7 Å². The number of hydrogen-bond donors (Lipinski definition) is 0. The fourth-order valence-electron chi connectivity index (χ4n) is 2.03. The molecule has 0 spiro atoms. The van der Waals surface area contributed by atoms with Crippen LogP contribution in [0.1, 0.15) is 12.0 Å². The maximum absolute atomic E-state index is 11.6. The second kappa shape index (κ2) is 5.54. The van der Waals surface area contributed by atoms with Crippen molar-refractivity contribution >= 4 is 21.8 Å². The van der Waals surface area contributed by atoms with Gasteiger partial charge in [-0.15, -0.1) is 0 Å². The van der Waals surface area contributed by atoms with Gasteiger partial charge >= 0.3 is 0 Å². The van der Waals surface area contributed by atoms with Crippen molar-refractivity contribution in [1.82, 2.24) is 4.90 Å². The molecule has 1 saturated heterocycles. The van der Waals surface area contributed by atoms with Gasteiger partial charge in [0.25, 0.3) is 0 Å². The minimum atomic E-state index is 0.245. The zero-order valence-electron chi connectivity index (χ0n) is 9.86. The minimum absolute atomic E-state index is 0.245. The van der Waals surface area contributed by atoms with E-state index in [0.29, 0.717) is 11.2 Å². The molecular weight excluding hydrogens is 282 g/mol. The summed E-state index contributed by atoms with van der Waals surface area (Å²) in [6.45, 7) is 1.61. The molecule has 1 amide bonds. The van der Waals surface area contributed by atoms with E-state index in [1.54, 1.807) is 7.11 Å². The van der Waals surface area contributed by atoms with Crippen LogP contribution < -0.4 is 4.74 Å². The first kappa shape index (κ1) is 12.4. The van der Waals surface area contributed by atoms with Crippen molar-refractivity contribution in [3.05, 3.63) is 29.8 Å². The van der Waals surface area contributed by atoms with Crippen LogP contribution in [-0.2, 0) is 11.2 Å². The third-order valence-electron chi connectivity index (χ3n) is 2.97. The van der Waals surface area contributed by atoms with Crippen LogP contribution in [0, 0.1) is 0 Å². The Hall–Kier alpha value is -1.03. The summed E-state index contributed by atoms with van der Waals surface area (Å²) >= 11 is 3.49. The summed E-state index contributed by atoms with van der Waals surface area (Å²) in [6, 6.07) is 7.99. The minimum Gasteiger partial charge on any atom is -0.497 e. The molecule has 1 heterocycles. The van der Waals surface area contributed by atoms with Gasteiger partial charge in [-0.1, -0.05) is 28.1 Å². The Kier molecular flexibility index (Phi) is 4.05. The molecule has 1 unspecified atom stereocenters. The summed E-state index contributed by atoms with van der Waals surface area (Å²) in [7, 11) is 1.67. The molecule has 2 rings (SSSR count). The van der Waals surface area contributed by atoms with Gasteiger partial charge < -0.3 is 9.64 Å². The molecule has 4 heteroatoms. The molecule has 1 atom stereocenters. The Morgan fingerprint density at radius 2 is 2.35 bits per heavy atom. The first-order valence-corrected chi connectivity index (χ1v) is 6.65. The number of amides is 1. The molecule has 1 aliphatic heterocycles. The van der Waals surface area contributed by atoms with E-state index in [2.05, 4.69) is 22.0 Å². The molecule has 0 N–H and O–H groups in total. The molecule has 3 nitrogen and oxygen atoms in total. The first-order chi connectivity index (χ1) is 8.19. The van der Waals surface area contributed by atoms with Crippen LogP contribution in [0.25, 0.3) is 0 Å². The predicted molar refractivity (Wildman–Crippen MR) is 70.6 cm³/mol. The lowest BCUT2D eigenvalue weighted by Crippen LogP contribution is -2.27. The molecule has 1 fully saturated rings. The standard InChI is InChI=1S/C13H16BrNO2/c1-17-12-4-2-3-10(7-12)5-6-15-9-11(14)8-13(15)16/h2-4,7,11H,5-6,8-9H2,1H3. The average molecular weight is 298 g/mol. The topological polar surface area (TPSA) is 29.5 Å². The largest absolute Gasteiger partial charge is 0.497 e. The molecular formula is C13H16BrNO2. The lowest BCUT2D eigenvalue weighted by Gasteiger charge is -2.15. The number of carbonyl (C=O) groups excluding carboxylic acids is 1. The lowest BCUT2D eigenvalue weighted by atomic mass is 10.1. The Labute approximate surface area is 110 Å². The number of halogens is 1. The van der Waals surface area contributed by atoms with E-state index in [0.717, 1.165) is 25.3 Å². The van der Waals surface area contributed by atoms with Crippen LogP contribution in [0.3, 0.4) is 0 Å². The highest BCUT2D eigenvalue weighted by molar-refractivity contribution is 9.09. The third-order valence-corrected chi connectivity index (χ3v) is 3.59. The maximum Gasteiger partial charge on any atom is 0.223 e. The number of hydrogen-bond acceptors (Lipinski definition) is 2. The fourth-order valence-corrected chi connectivity index (χ4v) is 2.66. The highest BCUT2D eigenvalue weighted by Crippen LogP contribution is 2.19. The van der Waals surface area contributed by atoms with Gasteiger partial charge in [0.05, 0.1) is 7.11 Å². The van der Waals surface area contributed by atoms with Crippen LogP contribution >= 0.6 is 15.9 Å². The summed E-state index contributed by atoms with van der Waals surface area (Å²) in [5, 5.41) is 0. The van der Waals surface area contributed by atoms with Crippen molar-refractivity contribution in [3.63, 3.8) is 0 Å². The number of nitrogens with zero attached hydrogens (tertiary/aromatic N) is 1. The van der Waals surface area contributed by atoms with E-state index in [4.69, 9.17) is 4.74 Å². The molecule has 0 saturated carbocycles. The van der Waals surface area contributed by atoms with Crippen molar-refractivity contribution in [1.29, 1.82) is 0 Å². The Bertz CT molecular complexity index is 408. The quantitative estimate of drug-likeness (QED) is 0.798. The number of likely N-dealkylation sites (tertiary alicyclic amines) is 1. The van der Waals surface area contributed by atoms with Crippen LogP contribution in [0.4, 0.5) is 0 Å². The van der Waals surface area contributed by atoms with Gasteiger partial charge in [-0.3, -0.25) is 4.79 Å². The summed E-state index contributed by atoms with van der Waals surface area (Å²) in [5.41, 5.74) is 1.20. The van der Waals surface area contributed by atoms with E-state index in [1.165, 1.54) is 5.56 Å². The van der Waals surface area contributed by atoms with Gasteiger partial charge in [-0.25, -0.2) is 0 Å². The van der Waals surface area contributed by atoms with E-state index < -0.39 is 0 Å². The SMILES string of the molecule is COc1cccc(CCN2CC(Br)CC2=O)c1. The zero-order valence-corrected chi connectivity index (χ0v) is 11.4. The molecule has 0 radical (unpaired) electrons. The van der Waals surface area contributed by atoms with Gasteiger partial charge in [0.15, 0.2) is 0 Å². The summed E-state index contributed by atoms with van der Waals surface area (Å²) in [4.78, 5) is 13.8. The molecule has 0 aromatic heterocycles. The van der Waals surface area contributed by atoms with E-state index in [9.17, 15) is 4.79 Å². The van der Waals surface area contributed by atoms with Gasteiger partial charge in [-0.05, 0) is 24.1 Å². The van der Waals surface area contributed by atoms with Crippen molar-refractivity contribution in [2.24, 2.45) is 0 Å². The number of alkyl halides is 1. The van der Waals surface area contributed by atoms with Gasteiger partial charge in [0.2, 0.25) is 5.91 Å². The lowest BCUT2D eigenvalue weighted by molar-refractivity contribution is -0.127. The highest BCUT2D eigenvalue weighted by Gasteiger charge is 2.26. The average Bonchev–Trinajstić information content (AvgIpc) is 2.65. The molecule has 1 aromatic rings. The Morgan fingerprint density at radius 1 is 1.53 bits per heavy atom. The van der Waals surface area contributed by atoms with Gasteiger partial charge in [0, 0.05) is 24.3 Å². The normalized spacial score (nSPS) is 19.8. The van der Waals surface area contributed by atoms with Crippen molar-refractivity contribution in [2.75, 3.05) is 20.2 Å². The predicted octanol–water partition coefficient (Wildman–Crippen LogP) is 2.23. The van der Waals surface area contributed by atoms with E-state index >= 15 is 0 Å². The monoisotopic (exact) mass is 297 g/mol. The Balaban J connectivity index is 1.91. The molecule has 0 aliphatic carbocycles. The van der Waals surface area contributed by atoms with Gasteiger partial charge in [-0.2, -0.15) is 0 Å². The first-order valence-electron chi connectivity index (χ1n) is 5.74. The van der Waals surface area contributed by atoms with Crippen LogP contribution in [0.15, 0.2) is 24.3 Å². The second-order valence-electron chi connectivity index (χ2n) is 4.24. The van der Waals surface area contributed by atoms with E-state index in [-0.39, 0.29) is 5.91 Å². The second-order valence-corrected chi connectivity index (χ2v) is 5.54.